The van der Waals surface area contributed by atoms with E-state index in [0.29, 0.717) is 5.92 Å². The zero-order valence-corrected chi connectivity index (χ0v) is 16.9. The molecule has 0 spiro atoms. The van der Waals surface area contributed by atoms with Crippen LogP contribution in [0.25, 0.3) is 0 Å². The highest BCUT2D eigenvalue weighted by Gasteiger charge is 2.45. The van der Waals surface area contributed by atoms with Crippen molar-refractivity contribution in [3.05, 3.63) is 60.2 Å². The fourth-order valence-electron chi connectivity index (χ4n) is 4.92. The molecular formula is C24H33NO2. The highest BCUT2D eigenvalue weighted by Crippen LogP contribution is 2.50. The molecule has 27 heavy (non-hydrogen) atoms. The number of allylic oxidation sites excluding steroid dienone is 1. The summed E-state index contributed by atoms with van der Waals surface area (Å²) < 4.78 is 5.12. The van der Waals surface area contributed by atoms with Crippen molar-refractivity contribution in [3.8, 4) is 0 Å². The lowest BCUT2D eigenvalue weighted by molar-refractivity contribution is -0.152. The normalized spacial score (nSPS) is 28.7. The number of hydrogen-bond acceptors (Lipinski definition) is 3. The molecule has 1 saturated heterocycles. The average Bonchev–Trinajstić information content (AvgIpc) is 3.20. The predicted molar refractivity (Wildman–Crippen MR) is 110 cm³/mol. The number of carbonyl (C=O) groups is 1. The Bertz CT molecular complexity index is 687. The molecule has 0 aromatic heterocycles. The third-order valence-corrected chi connectivity index (χ3v) is 6.60. The maximum atomic E-state index is 12.5. The van der Waals surface area contributed by atoms with E-state index in [-0.39, 0.29) is 11.9 Å². The second kappa shape index (κ2) is 8.43. The summed E-state index contributed by atoms with van der Waals surface area (Å²) in [7, 11) is 1.47. The predicted octanol–water partition coefficient (Wildman–Crippen LogP) is 5.09. The van der Waals surface area contributed by atoms with Gasteiger partial charge >= 0.3 is 5.97 Å². The van der Waals surface area contributed by atoms with Gasteiger partial charge in [0, 0.05) is 6.54 Å². The molecule has 1 heterocycles. The maximum absolute atomic E-state index is 12.5. The summed E-state index contributed by atoms with van der Waals surface area (Å²) in [6.07, 6.45) is 6.91. The standard InChI is InChI=1S/C24H33NO2/c1-5-24(23(26)27-4)13-12-21(18(2)3)22(16-24)20-10-8-19(9-11-20)17-25-14-6-7-15-25/h5,8-11,21-22H,1-2,6-7,12-17H2,3-4H3/t21-,22-,24-/m0/s1. The summed E-state index contributed by atoms with van der Waals surface area (Å²) in [5, 5.41) is 0. The van der Waals surface area contributed by atoms with E-state index in [0.717, 1.165) is 25.8 Å². The molecule has 146 valence electrons. The molecule has 1 saturated carbocycles. The van der Waals surface area contributed by atoms with Crippen LogP contribution in [0.2, 0.25) is 0 Å². The van der Waals surface area contributed by atoms with Gasteiger partial charge in [-0.1, -0.05) is 42.5 Å². The smallest absolute Gasteiger partial charge is 0.315 e. The lowest BCUT2D eigenvalue weighted by atomic mass is 9.62. The van der Waals surface area contributed by atoms with Crippen molar-refractivity contribution in [1.29, 1.82) is 0 Å². The fraction of sp³-hybridized carbons (Fsp3) is 0.542. The maximum Gasteiger partial charge on any atom is 0.315 e. The quantitative estimate of drug-likeness (QED) is 0.518. The Morgan fingerprint density at radius 1 is 1.30 bits per heavy atom. The highest BCUT2D eigenvalue weighted by atomic mass is 16.5. The topological polar surface area (TPSA) is 29.5 Å². The molecule has 3 heteroatoms. The van der Waals surface area contributed by atoms with Crippen LogP contribution in [0, 0.1) is 11.3 Å². The van der Waals surface area contributed by atoms with E-state index < -0.39 is 5.41 Å². The number of likely N-dealkylation sites (tertiary alicyclic amines) is 1. The van der Waals surface area contributed by atoms with Crippen LogP contribution < -0.4 is 0 Å². The second-order valence-electron chi connectivity index (χ2n) is 8.38. The Hall–Kier alpha value is -1.87. The first kappa shape index (κ1) is 19.9. The minimum absolute atomic E-state index is 0.159. The van der Waals surface area contributed by atoms with E-state index in [4.69, 9.17) is 4.74 Å². The molecule has 3 rings (SSSR count). The Balaban J connectivity index is 1.82. The lowest BCUT2D eigenvalue weighted by Gasteiger charge is -2.42. The van der Waals surface area contributed by atoms with Gasteiger partial charge in [0.1, 0.15) is 0 Å². The summed E-state index contributed by atoms with van der Waals surface area (Å²) in [6.45, 7) is 13.8. The number of ether oxygens (including phenoxy) is 1. The van der Waals surface area contributed by atoms with E-state index in [9.17, 15) is 4.79 Å². The van der Waals surface area contributed by atoms with Gasteiger partial charge < -0.3 is 4.74 Å². The highest BCUT2D eigenvalue weighted by molar-refractivity contribution is 5.79. The van der Waals surface area contributed by atoms with Crippen LogP contribution in [0.5, 0.6) is 0 Å². The fourth-order valence-corrected chi connectivity index (χ4v) is 4.92. The first-order valence-corrected chi connectivity index (χ1v) is 10.2. The van der Waals surface area contributed by atoms with E-state index >= 15 is 0 Å². The first-order valence-electron chi connectivity index (χ1n) is 10.2. The van der Waals surface area contributed by atoms with E-state index in [1.165, 1.54) is 49.7 Å². The van der Waals surface area contributed by atoms with Gasteiger partial charge in [-0.3, -0.25) is 9.69 Å². The van der Waals surface area contributed by atoms with Crippen molar-refractivity contribution < 1.29 is 9.53 Å². The zero-order chi connectivity index (χ0) is 19.4. The summed E-state index contributed by atoms with van der Waals surface area (Å²) in [6, 6.07) is 9.02. The summed E-state index contributed by atoms with van der Waals surface area (Å²) >= 11 is 0. The molecule has 2 fully saturated rings. The molecule has 0 N–H and O–H groups in total. The molecule has 0 amide bonds. The second-order valence-corrected chi connectivity index (χ2v) is 8.38. The first-order chi connectivity index (χ1) is 13.0. The molecule has 1 aromatic rings. The van der Waals surface area contributed by atoms with Crippen molar-refractivity contribution in [2.75, 3.05) is 20.2 Å². The number of rotatable bonds is 6. The largest absolute Gasteiger partial charge is 0.468 e. The van der Waals surface area contributed by atoms with Gasteiger partial charge in [-0.2, -0.15) is 0 Å². The van der Waals surface area contributed by atoms with Gasteiger partial charge in [-0.25, -0.2) is 0 Å². The summed E-state index contributed by atoms with van der Waals surface area (Å²) in [4.78, 5) is 15.0. The lowest BCUT2D eigenvalue weighted by Crippen LogP contribution is -2.38. The van der Waals surface area contributed by atoms with Crippen LogP contribution in [-0.2, 0) is 16.1 Å². The van der Waals surface area contributed by atoms with E-state index in [1.54, 1.807) is 0 Å². The molecule has 3 atom stereocenters. The van der Waals surface area contributed by atoms with Crippen molar-refractivity contribution in [2.24, 2.45) is 11.3 Å². The number of hydrogen-bond donors (Lipinski definition) is 0. The Morgan fingerprint density at radius 2 is 1.96 bits per heavy atom. The molecule has 3 nitrogen and oxygen atoms in total. The minimum Gasteiger partial charge on any atom is -0.468 e. The number of benzene rings is 1. The van der Waals surface area contributed by atoms with Crippen molar-refractivity contribution >= 4 is 5.97 Å². The molecule has 1 aromatic carbocycles. The number of methoxy groups -OCH3 is 1. The van der Waals surface area contributed by atoms with E-state index in [1.807, 2.05) is 6.08 Å². The van der Waals surface area contributed by atoms with Crippen LogP contribution in [0.3, 0.4) is 0 Å². The molecule has 2 aliphatic rings. The molecule has 1 aliphatic heterocycles. The molecule has 0 bridgehead atoms. The van der Waals surface area contributed by atoms with Gasteiger partial charge in [-0.15, -0.1) is 6.58 Å². The van der Waals surface area contributed by atoms with Gasteiger partial charge in [0.05, 0.1) is 12.5 Å². The SMILES string of the molecule is C=C[C@]1(C(=O)OC)CC[C@@H](C(=C)C)[C@H](c2ccc(CN3CCCC3)cc2)C1. The third kappa shape index (κ3) is 4.19. The van der Waals surface area contributed by atoms with Gasteiger partial charge in [-0.05, 0) is 75.1 Å². The van der Waals surface area contributed by atoms with Gasteiger partial charge in [0.2, 0.25) is 0 Å². The average molecular weight is 368 g/mol. The number of esters is 1. The molecule has 0 unspecified atom stereocenters. The third-order valence-electron chi connectivity index (χ3n) is 6.60. The van der Waals surface area contributed by atoms with Gasteiger partial charge in [0.15, 0.2) is 0 Å². The van der Waals surface area contributed by atoms with Gasteiger partial charge in [0.25, 0.3) is 0 Å². The Morgan fingerprint density at radius 3 is 2.52 bits per heavy atom. The van der Waals surface area contributed by atoms with Crippen LogP contribution in [0.4, 0.5) is 0 Å². The Kier molecular flexibility index (Phi) is 6.21. The molecule has 1 aliphatic carbocycles. The monoisotopic (exact) mass is 367 g/mol. The molecular weight excluding hydrogens is 334 g/mol. The zero-order valence-electron chi connectivity index (χ0n) is 16.9. The van der Waals surface area contributed by atoms with Crippen molar-refractivity contribution in [2.45, 2.75) is 51.5 Å². The number of nitrogens with zero attached hydrogens (tertiary/aromatic N) is 1. The Labute approximate surface area is 164 Å². The van der Waals surface area contributed by atoms with E-state index in [2.05, 4.69) is 49.2 Å². The van der Waals surface area contributed by atoms with Crippen LogP contribution in [-0.4, -0.2) is 31.1 Å². The number of carbonyl (C=O) groups excluding carboxylic acids is 1. The molecule has 0 radical (unpaired) electrons. The van der Waals surface area contributed by atoms with Crippen LogP contribution >= 0.6 is 0 Å². The van der Waals surface area contributed by atoms with Crippen LogP contribution in [0.1, 0.15) is 56.1 Å². The van der Waals surface area contributed by atoms with Crippen molar-refractivity contribution in [1.82, 2.24) is 4.90 Å². The van der Waals surface area contributed by atoms with Crippen molar-refractivity contribution in [3.63, 3.8) is 0 Å². The minimum atomic E-state index is -0.584. The summed E-state index contributed by atoms with van der Waals surface area (Å²) in [5.74, 6) is 0.509. The van der Waals surface area contributed by atoms with Crippen LogP contribution in [0.15, 0.2) is 49.1 Å². The summed E-state index contributed by atoms with van der Waals surface area (Å²) in [5.41, 5.74) is 3.28.